The monoisotopic (exact) mass is 195 g/mol. The summed E-state index contributed by atoms with van der Waals surface area (Å²) in [6.45, 7) is 1.72. The van der Waals surface area contributed by atoms with Crippen LogP contribution in [0.3, 0.4) is 0 Å². The molecule has 1 aromatic carbocycles. The number of guanidine groups is 1. The highest BCUT2D eigenvalue weighted by atomic mass is 35.5. The predicted octanol–water partition coefficient (Wildman–Crippen LogP) is 1.71. The number of nitrogens with one attached hydrogen (secondary N) is 2. The lowest BCUT2D eigenvalue weighted by Crippen LogP contribution is -2.26. The zero-order valence-corrected chi connectivity index (χ0v) is 7.80. The van der Waals surface area contributed by atoms with E-state index in [1.54, 1.807) is 0 Å². The quantitative estimate of drug-likeness (QED) is 0.716. The molecular formula is C9H10ClN3. The first-order valence-electron chi connectivity index (χ1n) is 4.16. The van der Waals surface area contributed by atoms with Gasteiger partial charge in [0, 0.05) is 6.54 Å². The van der Waals surface area contributed by atoms with Gasteiger partial charge in [-0.15, -0.1) is 0 Å². The standard InChI is InChI=1S/C9H10ClN3/c10-7-3-1-2-4-8(7)13-9-11-5-6-12-9/h1-4H,5-6H2,(H2,11,12,13). The van der Waals surface area contributed by atoms with Crippen LogP contribution in [0.2, 0.25) is 5.02 Å². The van der Waals surface area contributed by atoms with E-state index in [2.05, 4.69) is 15.6 Å². The highest BCUT2D eigenvalue weighted by Gasteiger charge is 2.05. The molecule has 1 heterocycles. The first-order chi connectivity index (χ1) is 6.36. The van der Waals surface area contributed by atoms with Crippen LogP contribution in [-0.2, 0) is 0 Å². The maximum absolute atomic E-state index is 5.96. The van der Waals surface area contributed by atoms with E-state index >= 15 is 0 Å². The Hall–Kier alpha value is -1.22. The number of benzene rings is 1. The lowest BCUT2D eigenvalue weighted by atomic mass is 10.3. The van der Waals surface area contributed by atoms with Crippen LogP contribution >= 0.6 is 11.6 Å². The van der Waals surface area contributed by atoms with E-state index in [9.17, 15) is 0 Å². The van der Waals surface area contributed by atoms with E-state index in [1.807, 2.05) is 24.3 Å². The summed E-state index contributed by atoms with van der Waals surface area (Å²) in [5.74, 6) is 0.799. The molecule has 0 radical (unpaired) electrons. The highest BCUT2D eigenvalue weighted by Crippen LogP contribution is 2.20. The van der Waals surface area contributed by atoms with Gasteiger partial charge in [-0.25, -0.2) is 0 Å². The molecule has 68 valence electrons. The zero-order valence-electron chi connectivity index (χ0n) is 7.05. The Kier molecular flexibility index (Phi) is 2.36. The van der Waals surface area contributed by atoms with Crippen LogP contribution in [0, 0.1) is 0 Å². The molecule has 2 N–H and O–H groups in total. The molecule has 1 aliphatic heterocycles. The normalized spacial score (nSPS) is 15.0. The van der Waals surface area contributed by atoms with Crippen molar-refractivity contribution in [3.63, 3.8) is 0 Å². The second-order valence-corrected chi connectivity index (χ2v) is 3.17. The summed E-state index contributed by atoms with van der Waals surface area (Å²) in [7, 11) is 0. The Morgan fingerprint density at radius 2 is 2.23 bits per heavy atom. The molecule has 0 spiro atoms. The third kappa shape index (κ3) is 1.92. The summed E-state index contributed by atoms with van der Waals surface area (Å²) < 4.78 is 0. The maximum Gasteiger partial charge on any atom is 0.195 e. The third-order valence-corrected chi connectivity index (χ3v) is 2.13. The van der Waals surface area contributed by atoms with Gasteiger partial charge in [0.2, 0.25) is 0 Å². The molecule has 1 aromatic rings. The van der Waals surface area contributed by atoms with Crippen LogP contribution in [-0.4, -0.2) is 19.0 Å². The number of nitrogens with zero attached hydrogens (tertiary/aromatic N) is 1. The molecule has 4 heteroatoms. The number of anilines is 1. The fourth-order valence-corrected chi connectivity index (χ4v) is 1.35. The summed E-state index contributed by atoms with van der Waals surface area (Å²) in [5, 5.41) is 6.94. The Bertz CT molecular complexity index is 335. The van der Waals surface area contributed by atoms with E-state index in [4.69, 9.17) is 11.6 Å². The van der Waals surface area contributed by atoms with Crippen molar-refractivity contribution in [3.8, 4) is 0 Å². The minimum atomic E-state index is 0.707. The number of rotatable bonds is 1. The first-order valence-corrected chi connectivity index (χ1v) is 4.54. The van der Waals surface area contributed by atoms with E-state index in [0.717, 1.165) is 24.7 Å². The SMILES string of the molecule is Clc1ccccc1NC1=NCCN1. The number of para-hydroxylation sites is 1. The van der Waals surface area contributed by atoms with Gasteiger partial charge in [0.1, 0.15) is 0 Å². The van der Waals surface area contributed by atoms with Crippen molar-refractivity contribution < 1.29 is 0 Å². The van der Waals surface area contributed by atoms with Gasteiger partial charge >= 0.3 is 0 Å². The zero-order chi connectivity index (χ0) is 9.10. The predicted molar refractivity (Wildman–Crippen MR) is 55.4 cm³/mol. The molecule has 0 atom stereocenters. The molecule has 0 aromatic heterocycles. The highest BCUT2D eigenvalue weighted by molar-refractivity contribution is 6.33. The number of hydrogen-bond acceptors (Lipinski definition) is 3. The average Bonchev–Trinajstić information content (AvgIpc) is 2.61. The van der Waals surface area contributed by atoms with Gasteiger partial charge in [0.25, 0.3) is 0 Å². The molecule has 0 saturated carbocycles. The van der Waals surface area contributed by atoms with Crippen LogP contribution in [0.4, 0.5) is 5.69 Å². The van der Waals surface area contributed by atoms with Gasteiger partial charge in [-0.3, -0.25) is 4.99 Å². The maximum atomic E-state index is 5.96. The molecule has 0 fully saturated rings. The fraction of sp³-hybridized carbons (Fsp3) is 0.222. The van der Waals surface area contributed by atoms with E-state index in [1.165, 1.54) is 0 Å². The third-order valence-electron chi connectivity index (χ3n) is 1.80. The van der Waals surface area contributed by atoms with Crippen molar-refractivity contribution in [2.75, 3.05) is 18.4 Å². The largest absolute Gasteiger partial charge is 0.354 e. The Labute approximate surface area is 81.8 Å². The summed E-state index contributed by atoms with van der Waals surface area (Å²) in [5.41, 5.74) is 0.886. The molecule has 1 aliphatic rings. The topological polar surface area (TPSA) is 36.4 Å². The number of aliphatic imine (C=N–C) groups is 1. The van der Waals surface area contributed by atoms with Gasteiger partial charge in [-0.1, -0.05) is 23.7 Å². The van der Waals surface area contributed by atoms with Crippen LogP contribution < -0.4 is 10.6 Å². The van der Waals surface area contributed by atoms with Crippen LogP contribution in [0.15, 0.2) is 29.3 Å². The second-order valence-electron chi connectivity index (χ2n) is 2.76. The summed E-state index contributed by atoms with van der Waals surface area (Å²) in [6.07, 6.45) is 0. The van der Waals surface area contributed by atoms with Crippen molar-refractivity contribution in [2.45, 2.75) is 0 Å². The van der Waals surface area contributed by atoms with Gasteiger partial charge in [-0.2, -0.15) is 0 Å². The molecule has 3 nitrogen and oxygen atoms in total. The van der Waals surface area contributed by atoms with Crippen LogP contribution in [0.5, 0.6) is 0 Å². The van der Waals surface area contributed by atoms with Gasteiger partial charge in [0.05, 0.1) is 17.3 Å². The van der Waals surface area contributed by atoms with E-state index in [-0.39, 0.29) is 0 Å². The number of hydrogen-bond donors (Lipinski definition) is 2. The molecular weight excluding hydrogens is 186 g/mol. The van der Waals surface area contributed by atoms with Crippen molar-refractivity contribution >= 4 is 23.2 Å². The van der Waals surface area contributed by atoms with Crippen LogP contribution in [0.25, 0.3) is 0 Å². The van der Waals surface area contributed by atoms with Gasteiger partial charge in [0.15, 0.2) is 5.96 Å². The van der Waals surface area contributed by atoms with Crippen molar-refractivity contribution in [2.24, 2.45) is 4.99 Å². The smallest absolute Gasteiger partial charge is 0.195 e. The molecule has 0 saturated heterocycles. The average molecular weight is 196 g/mol. The molecule has 0 amide bonds. The van der Waals surface area contributed by atoms with Gasteiger partial charge in [-0.05, 0) is 12.1 Å². The minimum absolute atomic E-state index is 0.707. The van der Waals surface area contributed by atoms with Crippen molar-refractivity contribution in [3.05, 3.63) is 29.3 Å². The summed E-state index contributed by atoms with van der Waals surface area (Å²) in [4.78, 5) is 4.21. The fourth-order valence-electron chi connectivity index (χ4n) is 1.17. The number of halogens is 1. The lowest BCUT2D eigenvalue weighted by molar-refractivity contribution is 0.959. The molecule has 2 rings (SSSR count). The van der Waals surface area contributed by atoms with Crippen molar-refractivity contribution in [1.82, 2.24) is 5.32 Å². The van der Waals surface area contributed by atoms with Gasteiger partial charge < -0.3 is 10.6 Å². The minimum Gasteiger partial charge on any atom is -0.354 e. The summed E-state index contributed by atoms with van der Waals surface area (Å²) >= 11 is 5.96. The summed E-state index contributed by atoms with van der Waals surface area (Å²) in [6, 6.07) is 7.60. The van der Waals surface area contributed by atoms with E-state index < -0.39 is 0 Å². The molecule has 0 unspecified atom stereocenters. The molecule has 0 bridgehead atoms. The Morgan fingerprint density at radius 1 is 1.38 bits per heavy atom. The first kappa shape index (κ1) is 8.38. The second kappa shape index (κ2) is 3.66. The lowest BCUT2D eigenvalue weighted by Gasteiger charge is -2.07. The molecule has 13 heavy (non-hydrogen) atoms. The molecule has 0 aliphatic carbocycles. The van der Waals surface area contributed by atoms with E-state index in [0.29, 0.717) is 5.02 Å². The van der Waals surface area contributed by atoms with Crippen molar-refractivity contribution in [1.29, 1.82) is 0 Å². The Morgan fingerprint density at radius 3 is 2.92 bits per heavy atom. The Balaban J connectivity index is 2.13. The van der Waals surface area contributed by atoms with Crippen LogP contribution in [0.1, 0.15) is 0 Å².